The van der Waals surface area contributed by atoms with E-state index >= 15 is 0 Å². The molecule has 7 nitrogen and oxygen atoms in total. The third-order valence-electron chi connectivity index (χ3n) is 6.89. The van der Waals surface area contributed by atoms with Crippen molar-refractivity contribution < 1.29 is 22.8 Å². The Morgan fingerprint density at radius 3 is 2.59 bits per heavy atom. The first-order valence-electron chi connectivity index (χ1n) is 10.8. The number of alkyl halides is 3. The molecule has 0 aromatic heterocycles. The summed E-state index contributed by atoms with van der Waals surface area (Å²) in [5.41, 5.74) is 6.08. The Kier molecular flexibility index (Phi) is 5.90. The summed E-state index contributed by atoms with van der Waals surface area (Å²) in [6.45, 7) is 3.14. The Hall–Kier alpha value is -2.64. The molecule has 0 spiro atoms. The minimum atomic E-state index is -4.40. The standard InChI is InChI=1S/C22H26F3N5O2/c1-13(14-4-6-15(7-5-14)22(23,24)25)30-17-9-19(21(30)32)28(11-17)12-18(27)20(31)29-8-2-3-16(29)10-26/h4-7,13,16-19H,2-3,8-9,11-12,27H2,1H3/t13-,16+,17?,18+,19+/m1/s1. The van der Waals surface area contributed by atoms with Gasteiger partial charge in [-0.3, -0.25) is 14.5 Å². The number of amides is 2. The number of piperazine rings is 1. The van der Waals surface area contributed by atoms with E-state index in [-0.39, 0.29) is 36.5 Å². The van der Waals surface area contributed by atoms with E-state index in [2.05, 4.69) is 6.07 Å². The van der Waals surface area contributed by atoms with Gasteiger partial charge in [0.05, 0.1) is 29.8 Å². The Morgan fingerprint density at radius 1 is 1.31 bits per heavy atom. The van der Waals surface area contributed by atoms with Crippen LogP contribution in [-0.2, 0) is 15.8 Å². The number of nitrogens with zero attached hydrogens (tertiary/aromatic N) is 4. The van der Waals surface area contributed by atoms with E-state index in [4.69, 9.17) is 5.73 Å². The van der Waals surface area contributed by atoms with Crippen LogP contribution in [0.5, 0.6) is 0 Å². The van der Waals surface area contributed by atoms with Crippen molar-refractivity contribution in [2.45, 2.75) is 62.6 Å². The number of halogens is 3. The van der Waals surface area contributed by atoms with Gasteiger partial charge in [0.1, 0.15) is 6.04 Å². The van der Waals surface area contributed by atoms with Crippen molar-refractivity contribution in [3.63, 3.8) is 0 Å². The topological polar surface area (TPSA) is 93.7 Å². The number of benzene rings is 1. The maximum Gasteiger partial charge on any atom is 0.416 e. The van der Waals surface area contributed by atoms with E-state index in [1.54, 1.807) is 4.90 Å². The zero-order valence-corrected chi connectivity index (χ0v) is 17.8. The van der Waals surface area contributed by atoms with Gasteiger partial charge in [0.25, 0.3) is 0 Å². The molecule has 3 saturated heterocycles. The largest absolute Gasteiger partial charge is 0.416 e. The number of carbonyl (C=O) groups excluding carboxylic acids is 2. The van der Waals surface area contributed by atoms with Crippen molar-refractivity contribution in [2.75, 3.05) is 19.6 Å². The molecule has 2 N–H and O–H groups in total. The third-order valence-corrected chi connectivity index (χ3v) is 6.89. The molecular formula is C22H26F3N5O2. The van der Waals surface area contributed by atoms with Crippen molar-refractivity contribution in [3.05, 3.63) is 35.4 Å². The van der Waals surface area contributed by atoms with Crippen LogP contribution >= 0.6 is 0 Å². The van der Waals surface area contributed by atoms with Crippen LogP contribution in [0, 0.1) is 11.3 Å². The zero-order chi connectivity index (χ0) is 23.2. The van der Waals surface area contributed by atoms with Crippen LogP contribution in [0.3, 0.4) is 0 Å². The molecule has 5 atom stereocenters. The first-order chi connectivity index (χ1) is 15.1. The van der Waals surface area contributed by atoms with Gasteiger partial charge in [0.15, 0.2) is 0 Å². The third kappa shape index (κ3) is 3.95. The number of nitriles is 1. The molecule has 10 heteroatoms. The van der Waals surface area contributed by atoms with E-state index in [9.17, 15) is 28.0 Å². The number of rotatable bonds is 5. The summed E-state index contributed by atoms with van der Waals surface area (Å²) in [6.07, 6.45) is -2.36. The molecule has 172 valence electrons. The second-order valence-electron chi connectivity index (χ2n) is 8.83. The van der Waals surface area contributed by atoms with E-state index < -0.39 is 23.8 Å². The second-order valence-corrected chi connectivity index (χ2v) is 8.83. The molecule has 2 amide bonds. The lowest BCUT2D eigenvalue weighted by atomic mass is 10.0. The van der Waals surface area contributed by atoms with Crippen molar-refractivity contribution in [2.24, 2.45) is 5.73 Å². The fourth-order valence-corrected chi connectivity index (χ4v) is 5.22. The Morgan fingerprint density at radius 2 is 2.00 bits per heavy atom. The molecule has 2 bridgehead atoms. The highest BCUT2D eigenvalue weighted by molar-refractivity contribution is 5.87. The molecule has 32 heavy (non-hydrogen) atoms. The fourth-order valence-electron chi connectivity index (χ4n) is 5.22. The molecule has 4 rings (SSSR count). The monoisotopic (exact) mass is 449 g/mol. The normalized spacial score (nSPS) is 27.6. The van der Waals surface area contributed by atoms with Crippen LogP contribution in [-0.4, -0.2) is 70.3 Å². The number of carbonyl (C=O) groups is 2. The molecule has 0 saturated carbocycles. The average Bonchev–Trinajstić information content (AvgIpc) is 3.46. The van der Waals surface area contributed by atoms with Crippen LogP contribution in [0.2, 0.25) is 0 Å². The van der Waals surface area contributed by atoms with Crippen LogP contribution < -0.4 is 5.73 Å². The summed E-state index contributed by atoms with van der Waals surface area (Å²) in [5, 5.41) is 9.20. The highest BCUT2D eigenvalue weighted by Gasteiger charge is 2.51. The van der Waals surface area contributed by atoms with Gasteiger partial charge in [-0.15, -0.1) is 0 Å². The Balaban J connectivity index is 1.39. The minimum Gasteiger partial charge on any atom is -0.330 e. The molecule has 3 fully saturated rings. The van der Waals surface area contributed by atoms with E-state index in [1.807, 2.05) is 11.8 Å². The van der Waals surface area contributed by atoms with Gasteiger partial charge in [-0.1, -0.05) is 12.1 Å². The second kappa shape index (κ2) is 8.37. The van der Waals surface area contributed by atoms with E-state index in [0.717, 1.165) is 18.6 Å². The molecule has 3 heterocycles. The molecule has 1 aromatic rings. The van der Waals surface area contributed by atoms with E-state index in [1.165, 1.54) is 17.0 Å². The van der Waals surface area contributed by atoms with Crippen molar-refractivity contribution in [1.29, 1.82) is 5.26 Å². The van der Waals surface area contributed by atoms with Gasteiger partial charge in [-0.25, -0.2) is 0 Å². The van der Waals surface area contributed by atoms with Gasteiger partial charge in [0, 0.05) is 25.7 Å². The summed E-state index contributed by atoms with van der Waals surface area (Å²) >= 11 is 0. The highest BCUT2D eigenvalue weighted by atomic mass is 19.4. The number of nitrogens with two attached hydrogens (primary N) is 1. The predicted octanol–water partition coefficient (Wildman–Crippen LogP) is 1.89. The number of hydrogen-bond donors (Lipinski definition) is 1. The van der Waals surface area contributed by atoms with Crippen molar-refractivity contribution in [3.8, 4) is 6.07 Å². The molecule has 0 radical (unpaired) electrons. The summed E-state index contributed by atoms with van der Waals surface area (Å²) in [7, 11) is 0. The number of hydrogen-bond acceptors (Lipinski definition) is 5. The quantitative estimate of drug-likeness (QED) is 0.741. The molecule has 1 aromatic carbocycles. The van der Waals surface area contributed by atoms with Crippen molar-refractivity contribution in [1.82, 2.24) is 14.7 Å². The fraction of sp³-hybridized carbons (Fsp3) is 0.591. The Labute approximate surface area is 184 Å². The van der Waals surface area contributed by atoms with E-state index in [0.29, 0.717) is 31.5 Å². The number of likely N-dealkylation sites (tertiary alicyclic amines) is 3. The van der Waals surface area contributed by atoms with Gasteiger partial charge in [-0.2, -0.15) is 18.4 Å². The maximum absolute atomic E-state index is 13.0. The highest BCUT2D eigenvalue weighted by Crippen LogP contribution is 2.38. The SMILES string of the molecule is C[C@H](c1ccc(C(F)(F)F)cc1)N1C(=O)[C@@H]2CC1CN2C[C@H](N)C(=O)N1CCC[C@H]1C#N. The predicted molar refractivity (Wildman–Crippen MR) is 109 cm³/mol. The first kappa shape index (κ1) is 22.6. The lowest BCUT2D eigenvalue weighted by Gasteiger charge is -2.38. The van der Waals surface area contributed by atoms with Gasteiger partial charge in [-0.05, 0) is 43.9 Å². The molecule has 3 aliphatic heterocycles. The van der Waals surface area contributed by atoms with Crippen LogP contribution in [0.1, 0.15) is 43.4 Å². The number of fused-ring (bicyclic) bond motifs is 2. The summed E-state index contributed by atoms with van der Waals surface area (Å²) < 4.78 is 38.5. The zero-order valence-electron chi connectivity index (χ0n) is 17.8. The Bertz CT molecular complexity index is 929. The summed E-state index contributed by atoms with van der Waals surface area (Å²) in [4.78, 5) is 30.9. The van der Waals surface area contributed by atoms with Crippen molar-refractivity contribution >= 4 is 11.8 Å². The lowest BCUT2D eigenvalue weighted by molar-refractivity contribution is -0.141. The minimum absolute atomic E-state index is 0.0780. The average molecular weight is 449 g/mol. The molecule has 0 aliphatic carbocycles. The van der Waals surface area contributed by atoms with Gasteiger partial charge in [0.2, 0.25) is 11.8 Å². The maximum atomic E-state index is 13.0. The smallest absolute Gasteiger partial charge is 0.330 e. The van der Waals surface area contributed by atoms with Crippen LogP contribution in [0.4, 0.5) is 13.2 Å². The molecule has 3 aliphatic rings. The van der Waals surface area contributed by atoms with Crippen LogP contribution in [0.25, 0.3) is 0 Å². The van der Waals surface area contributed by atoms with Crippen LogP contribution in [0.15, 0.2) is 24.3 Å². The molecular weight excluding hydrogens is 423 g/mol. The summed E-state index contributed by atoms with van der Waals surface area (Å²) in [5.74, 6) is -0.358. The molecule has 1 unspecified atom stereocenters. The first-order valence-corrected chi connectivity index (χ1v) is 10.8. The summed E-state index contributed by atoms with van der Waals surface area (Å²) in [6, 6.07) is 4.98. The van der Waals surface area contributed by atoms with Gasteiger partial charge >= 0.3 is 6.18 Å². The van der Waals surface area contributed by atoms with Gasteiger partial charge < -0.3 is 15.5 Å². The lowest BCUT2D eigenvalue weighted by Crippen LogP contribution is -2.56.